The van der Waals surface area contributed by atoms with E-state index in [0.29, 0.717) is 12.6 Å². The van der Waals surface area contributed by atoms with E-state index in [9.17, 15) is 0 Å². The highest BCUT2D eigenvalue weighted by atomic mass is 35.5. The highest BCUT2D eigenvalue weighted by Crippen LogP contribution is 2.29. The van der Waals surface area contributed by atoms with Crippen molar-refractivity contribution >= 4 is 22.9 Å². The van der Waals surface area contributed by atoms with E-state index in [0.717, 1.165) is 10.9 Å². The van der Waals surface area contributed by atoms with Crippen LogP contribution >= 0.6 is 22.9 Å². The molecule has 0 saturated heterocycles. The lowest BCUT2D eigenvalue weighted by molar-refractivity contribution is 0.438. The molecule has 16 heavy (non-hydrogen) atoms. The molecule has 0 spiro atoms. The topological polar surface area (TPSA) is 38.0 Å². The van der Waals surface area contributed by atoms with Crippen molar-refractivity contribution in [2.24, 2.45) is 11.7 Å². The lowest BCUT2D eigenvalue weighted by Crippen LogP contribution is -2.34. The first-order chi connectivity index (χ1) is 7.69. The lowest BCUT2D eigenvalue weighted by Gasteiger charge is -2.20. The van der Waals surface area contributed by atoms with E-state index in [-0.39, 0.29) is 6.04 Å². The van der Waals surface area contributed by atoms with Gasteiger partial charge in [-0.3, -0.25) is 0 Å². The van der Waals surface area contributed by atoms with Crippen LogP contribution in [0.4, 0.5) is 0 Å². The molecule has 1 saturated carbocycles. The quantitative estimate of drug-likeness (QED) is 0.871. The van der Waals surface area contributed by atoms with Crippen molar-refractivity contribution in [1.29, 1.82) is 0 Å². The number of hydrogen-bond donors (Lipinski definition) is 2. The molecule has 3 N–H and O–H groups in total. The Hall–Kier alpha value is -0.0900. The van der Waals surface area contributed by atoms with Gasteiger partial charge in [-0.2, -0.15) is 0 Å². The van der Waals surface area contributed by atoms with Gasteiger partial charge in [-0.1, -0.05) is 18.5 Å². The first-order valence-electron chi connectivity index (χ1n) is 5.89. The lowest BCUT2D eigenvalue weighted by atomic mass is 10.1. The summed E-state index contributed by atoms with van der Waals surface area (Å²) in [6, 6.07) is 2.92. The van der Waals surface area contributed by atoms with Crippen LogP contribution < -0.4 is 11.1 Å². The van der Waals surface area contributed by atoms with Gasteiger partial charge in [0.25, 0.3) is 0 Å². The highest BCUT2D eigenvalue weighted by molar-refractivity contribution is 7.10. The normalized spacial score (nSPS) is 27.2. The van der Waals surface area contributed by atoms with Gasteiger partial charge in [0.15, 0.2) is 0 Å². The van der Waals surface area contributed by atoms with E-state index >= 15 is 0 Å². The molecule has 0 aliphatic heterocycles. The van der Waals surface area contributed by atoms with Gasteiger partial charge in [0.2, 0.25) is 0 Å². The van der Waals surface area contributed by atoms with Crippen molar-refractivity contribution in [1.82, 2.24) is 5.32 Å². The largest absolute Gasteiger partial charge is 0.329 e. The van der Waals surface area contributed by atoms with E-state index in [4.69, 9.17) is 17.3 Å². The van der Waals surface area contributed by atoms with Crippen LogP contribution in [-0.2, 0) is 0 Å². The van der Waals surface area contributed by atoms with Crippen LogP contribution in [0.5, 0.6) is 0 Å². The molecule has 0 amide bonds. The third kappa shape index (κ3) is 2.98. The van der Waals surface area contributed by atoms with Gasteiger partial charge in [-0.25, -0.2) is 0 Å². The predicted molar refractivity (Wildman–Crippen MR) is 71.1 cm³/mol. The minimum Gasteiger partial charge on any atom is -0.329 e. The molecule has 1 aliphatic carbocycles. The van der Waals surface area contributed by atoms with Gasteiger partial charge in [-0.15, -0.1) is 11.3 Å². The molecule has 0 bridgehead atoms. The van der Waals surface area contributed by atoms with Crippen molar-refractivity contribution < 1.29 is 0 Å². The average molecular weight is 259 g/mol. The number of rotatable bonds is 4. The number of nitrogens with one attached hydrogen (secondary N) is 1. The summed E-state index contributed by atoms with van der Waals surface area (Å²) < 4.78 is 0. The van der Waals surface area contributed by atoms with Crippen LogP contribution in [0.1, 0.15) is 37.1 Å². The monoisotopic (exact) mass is 258 g/mol. The zero-order valence-electron chi connectivity index (χ0n) is 9.58. The fraction of sp³-hybridized carbons (Fsp3) is 0.667. The van der Waals surface area contributed by atoms with E-state index in [2.05, 4.69) is 12.2 Å². The molecule has 1 heterocycles. The zero-order chi connectivity index (χ0) is 11.5. The second-order valence-electron chi connectivity index (χ2n) is 4.74. The third-order valence-corrected chi connectivity index (χ3v) is 4.69. The Balaban J connectivity index is 1.95. The molecule has 90 valence electrons. The molecule has 1 aromatic rings. The van der Waals surface area contributed by atoms with Gasteiger partial charge in [0.05, 0.1) is 11.1 Å². The molecule has 2 nitrogen and oxygen atoms in total. The molecule has 3 atom stereocenters. The smallest absolute Gasteiger partial charge is 0.0541 e. The SMILES string of the molecule is CC1CCC(NC(CN)c2cc(Cl)cs2)C1. The summed E-state index contributed by atoms with van der Waals surface area (Å²) in [4.78, 5) is 1.26. The number of hydrogen-bond acceptors (Lipinski definition) is 3. The molecule has 0 aromatic carbocycles. The summed E-state index contributed by atoms with van der Waals surface area (Å²) in [6.45, 7) is 2.96. The first kappa shape index (κ1) is 12.4. The summed E-state index contributed by atoms with van der Waals surface area (Å²) in [5, 5.41) is 6.44. The van der Waals surface area contributed by atoms with Crippen molar-refractivity contribution in [2.75, 3.05) is 6.54 Å². The fourth-order valence-electron chi connectivity index (χ4n) is 2.42. The number of halogens is 1. The zero-order valence-corrected chi connectivity index (χ0v) is 11.2. The summed E-state index contributed by atoms with van der Waals surface area (Å²) in [5.41, 5.74) is 5.83. The van der Waals surface area contributed by atoms with Gasteiger partial charge in [0, 0.05) is 22.8 Å². The van der Waals surface area contributed by atoms with E-state index in [1.165, 1.54) is 24.1 Å². The standard InChI is InChI=1S/C12H19ClN2S/c1-8-2-3-10(4-8)15-11(6-14)12-5-9(13)7-16-12/h5,7-8,10-11,15H,2-4,6,14H2,1H3. The molecule has 3 unspecified atom stereocenters. The Labute approximate surface area is 106 Å². The van der Waals surface area contributed by atoms with Crippen molar-refractivity contribution in [3.05, 3.63) is 21.3 Å². The van der Waals surface area contributed by atoms with Crippen LogP contribution in [0.25, 0.3) is 0 Å². The van der Waals surface area contributed by atoms with Crippen LogP contribution in [-0.4, -0.2) is 12.6 Å². The Morgan fingerprint density at radius 3 is 2.94 bits per heavy atom. The van der Waals surface area contributed by atoms with Crippen molar-refractivity contribution in [3.63, 3.8) is 0 Å². The molecule has 1 aromatic heterocycles. The van der Waals surface area contributed by atoms with Gasteiger partial charge in [-0.05, 0) is 31.2 Å². The number of thiophene rings is 1. The molecular weight excluding hydrogens is 240 g/mol. The second-order valence-corrected chi connectivity index (χ2v) is 6.12. The predicted octanol–water partition coefficient (Wildman–Crippen LogP) is 3.18. The molecule has 1 aliphatic rings. The molecule has 1 fully saturated rings. The van der Waals surface area contributed by atoms with E-state index < -0.39 is 0 Å². The van der Waals surface area contributed by atoms with Gasteiger partial charge in [0.1, 0.15) is 0 Å². The molecule has 0 radical (unpaired) electrons. The molecule has 2 rings (SSSR count). The van der Waals surface area contributed by atoms with Gasteiger partial charge >= 0.3 is 0 Å². The minimum absolute atomic E-state index is 0.271. The number of nitrogens with two attached hydrogens (primary N) is 1. The Morgan fingerprint density at radius 2 is 2.44 bits per heavy atom. The maximum Gasteiger partial charge on any atom is 0.0541 e. The summed E-state index contributed by atoms with van der Waals surface area (Å²) in [6.07, 6.45) is 3.88. The fourth-order valence-corrected chi connectivity index (χ4v) is 3.58. The Kier molecular flexibility index (Phi) is 4.25. The highest BCUT2D eigenvalue weighted by Gasteiger charge is 2.24. The average Bonchev–Trinajstić information content (AvgIpc) is 2.84. The maximum absolute atomic E-state index is 5.94. The maximum atomic E-state index is 5.94. The van der Waals surface area contributed by atoms with Crippen LogP contribution in [0.15, 0.2) is 11.4 Å². The Bertz CT molecular complexity index is 340. The first-order valence-corrected chi connectivity index (χ1v) is 7.15. The summed E-state index contributed by atoms with van der Waals surface area (Å²) in [7, 11) is 0. The molecule has 4 heteroatoms. The van der Waals surface area contributed by atoms with Gasteiger partial charge < -0.3 is 11.1 Å². The van der Waals surface area contributed by atoms with E-state index in [1.54, 1.807) is 11.3 Å². The van der Waals surface area contributed by atoms with Crippen molar-refractivity contribution in [3.8, 4) is 0 Å². The van der Waals surface area contributed by atoms with E-state index in [1.807, 2.05) is 11.4 Å². The second kappa shape index (κ2) is 5.50. The summed E-state index contributed by atoms with van der Waals surface area (Å²) >= 11 is 7.64. The van der Waals surface area contributed by atoms with Crippen molar-refractivity contribution in [2.45, 2.75) is 38.3 Å². The third-order valence-electron chi connectivity index (χ3n) is 3.30. The van der Waals surface area contributed by atoms with Crippen LogP contribution in [0.2, 0.25) is 5.02 Å². The Morgan fingerprint density at radius 1 is 1.62 bits per heavy atom. The summed E-state index contributed by atoms with van der Waals surface area (Å²) in [5.74, 6) is 0.850. The minimum atomic E-state index is 0.271. The van der Waals surface area contributed by atoms with Crippen LogP contribution in [0.3, 0.4) is 0 Å². The molecular formula is C12H19ClN2S. The van der Waals surface area contributed by atoms with Crippen LogP contribution in [0, 0.1) is 5.92 Å².